The summed E-state index contributed by atoms with van der Waals surface area (Å²) in [6, 6.07) is 24.7. The summed E-state index contributed by atoms with van der Waals surface area (Å²) >= 11 is 0. The van der Waals surface area contributed by atoms with E-state index in [9.17, 15) is 10.2 Å². The summed E-state index contributed by atoms with van der Waals surface area (Å²) in [5, 5.41) is 20.7. The lowest BCUT2D eigenvalue weighted by molar-refractivity contribution is 0.414. The van der Waals surface area contributed by atoms with Crippen molar-refractivity contribution in [3.05, 3.63) is 108 Å². The number of aromatic nitrogens is 3. The average Bonchev–Trinajstić information content (AvgIpc) is 3.16. The number of phenolic OH excluding ortho intramolecular Hbond substituents is 1. The van der Waals surface area contributed by atoms with E-state index in [1.54, 1.807) is 42.0 Å². The molecular formula is C27H23N3O3. The Morgan fingerprint density at radius 2 is 1.52 bits per heavy atom. The van der Waals surface area contributed by atoms with Gasteiger partial charge in [-0.05, 0) is 47.5 Å². The zero-order valence-electron chi connectivity index (χ0n) is 18.1. The summed E-state index contributed by atoms with van der Waals surface area (Å²) in [7, 11) is 1.63. The van der Waals surface area contributed by atoms with Gasteiger partial charge in [0.25, 0.3) is 0 Å². The van der Waals surface area contributed by atoms with Crippen molar-refractivity contribution in [2.45, 2.75) is 12.8 Å². The van der Waals surface area contributed by atoms with Crippen molar-refractivity contribution in [1.29, 1.82) is 0 Å². The molecule has 0 radical (unpaired) electrons. The van der Waals surface area contributed by atoms with Crippen LogP contribution >= 0.6 is 0 Å². The molecule has 2 heterocycles. The molecule has 0 aliphatic rings. The minimum Gasteiger partial charge on any atom is -0.508 e. The van der Waals surface area contributed by atoms with Crippen molar-refractivity contribution in [1.82, 2.24) is 14.4 Å². The number of imidazole rings is 1. The average molecular weight is 437 g/mol. The van der Waals surface area contributed by atoms with Crippen LogP contribution in [0.5, 0.6) is 17.4 Å². The first-order valence-corrected chi connectivity index (χ1v) is 10.7. The van der Waals surface area contributed by atoms with Crippen LogP contribution in [0.3, 0.4) is 0 Å². The summed E-state index contributed by atoms with van der Waals surface area (Å²) < 4.78 is 7.02. The van der Waals surface area contributed by atoms with E-state index in [1.165, 1.54) is 0 Å². The van der Waals surface area contributed by atoms with E-state index < -0.39 is 0 Å². The third-order valence-electron chi connectivity index (χ3n) is 5.60. The van der Waals surface area contributed by atoms with Crippen LogP contribution in [0, 0.1) is 0 Å². The van der Waals surface area contributed by atoms with Crippen LogP contribution in [-0.4, -0.2) is 31.7 Å². The van der Waals surface area contributed by atoms with E-state index in [1.807, 2.05) is 54.6 Å². The highest BCUT2D eigenvalue weighted by atomic mass is 16.5. The standard InChI is InChI=1S/C27H23N3O3/c1-33-22-9-5-8-19(14-22)16-24-27(32)30-17-25(20-10-12-21(31)13-11-20)28-23(26(30)29-24)15-18-6-3-2-4-7-18/h2-14,17,31-32H,15-16H2,1H3. The fourth-order valence-electron chi connectivity index (χ4n) is 3.92. The van der Waals surface area contributed by atoms with Crippen molar-refractivity contribution in [2.75, 3.05) is 7.11 Å². The molecule has 0 spiro atoms. The molecule has 33 heavy (non-hydrogen) atoms. The first kappa shape index (κ1) is 20.6. The van der Waals surface area contributed by atoms with E-state index >= 15 is 0 Å². The lowest BCUT2D eigenvalue weighted by atomic mass is 10.1. The fourth-order valence-corrected chi connectivity index (χ4v) is 3.92. The Labute approximate surface area is 191 Å². The number of nitrogens with zero attached hydrogens (tertiary/aromatic N) is 3. The normalized spacial score (nSPS) is 11.1. The number of hydrogen-bond donors (Lipinski definition) is 2. The molecule has 0 saturated heterocycles. The van der Waals surface area contributed by atoms with Gasteiger partial charge in [-0.2, -0.15) is 0 Å². The fraction of sp³-hybridized carbons (Fsp3) is 0.111. The van der Waals surface area contributed by atoms with E-state index in [4.69, 9.17) is 14.7 Å². The molecule has 0 fully saturated rings. The maximum Gasteiger partial charge on any atom is 0.219 e. The maximum atomic E-state index is 11.1. The maximum absolute atomic E-state index is 11.1. The van der Waals surface area contributed by atoms with Gasteiger partial charge >= 0.3 is 0 Å². The number of fused-ring (bicyclic) bond motifs is 1. The van der Waals surface area contributed by atoms with E-state index in [-0.39, 0.29) is 11.6 Å². The Morgan fingerprint density at radius 3 is 2.27 bits per heavy atom. The molecule has 3 aromatic carbocycles. The lowest BCUT2D eigenvalue weighted by Gasteiger charge is -2.08. The molecule has 0 amide bonds. The predicted octanol–water partition coefficient (Wildman–Crippen LogP) is 5.00. The van der Waals surface area contributed by atoms with E-state index in [2.05, 4.69) is 0 Å². The van der Waals surface area contributed by atoms with Gasteiger partial charge in [-0.1, -0.05) is 42.5 Å². The van der Waals surface area contributed by atoms with Gasteiger partial charge in [0, 0.05) is 24.6 Å². The zero-order valence-corrected chi connectivity index (χ0v) is 18.1. The van der Waals surface area contributed by atoms with Crippen LogP contribution in [0.2, 0.25) is 0 Å². The largest absolute Gasteiger partial charge is 0.508 e. The Hall–Kier alpha value is -4.32. The number of aromatic hydroxyl groups is 2. The molecule has 2 aromatic heterocycles. The summed E-state index contributed by atoms with van der Waals surface area (Å²) in [6.07, 6.45) is 2.82. The van der Waals surface area contributed by atoms with Gasteiger partial charge in [0.2, 0.25) is 5.88 Å². The highest BCUT2D eigenvalue weighted by Gasteiger charge is 2.18. The number of benzene rings is 3. The van der Waals surface area contributed by atoms with Crippen molar-refractivity contribution >= 4 is 5.65 Å². The lowest BCUT2D eigenvalue weighted by Crippen LogP contribution is -2.00. The molecule has 0 saturated carbocycles. The van der Waals surface area contributed by atoms with Crippen LogP contribution < -0.4 is 4.74 Å². The molecule has 164 valence electrons. The van der Waals surface area contributed by atoms with E-state index in [0.717, 1.165) is 28.1 Å². The summed E-state index contributed by atoms with van der Waals surface area (Å²) in [6.45, 7) is 0. The highest BCUT2D eigenvalue weighted by molar-refractivity contribution is 5.64. The molecule has 5 rings (SSSR count). The van der Waals surface area contributed by atoms with Gasteiger partial charge in [0.05, 0.1) is 18.5 Å². The first-order valence-electron chi connectivity index (χ1n) is 10.7. The molecule has 0 aliphatic heterocycles. The Kier molecular flexibility index (Phi) is 5.40. The van der Waals surface area contributed by atoms with Gasteiger partial charge in [0.15, 0.2) is 5.65 Å². The van der Waals surface area contributed by atoms with Crippen molar-refractivity contribution in [3.63, 3.8) is 0 Å². The SMILES string of the molecule is COc1cccc(Cc2nc3c(Cc4ccccc4)nc(-c4ccc(O)cc4)cn3c2O)c1. The molecule has 5 aromatic rings. The minimum atomic E-state index is 0.0876. The Balaban J connectivity index is 1.63. The van der Waals surface area contributed by atoms with Crippen LogP contribution in [0.25, 0.3) is 16.9 Å². The second kappa shape index (κ2) is 8.67. The topological polar surface area (TPSA) is 79.9 Å². The molecule has 6 heteroatoms. The summed E-state index contributed by atoms with van der Waals surface area (Å²) in [5.41, 5.74) is 5.58. The summed E-state index contributed by atoms with van der Waals surface area (Å²) in [4.78, 5) is 9.67. The van der Waals surface area contributed by atoms with Gasteiger partial charge in [-0.3, -0.25) is 4.40 Å². The molecule has 0 atom stereocenters. The van der Waals surface area contributed by atoms with Crippen molar-refractivity contribution in [3.8, 4) is 28.6 Å². The Morgan fingerprint density at radius 1 is 0.788 bits per heavy atom. The molecule has 6 nitrogen and oxygen atoms in total. The molecule has 2 N–H and O–H groups in total. The van der Waals surface area contributed by atoms with Gasteiger partial charge in [-0.25, -0.2) is 9.97 Å². The quantitative estimate of drug-likeness (QED) is 0.391. The zero-order chi connectivity index (χ0) is 22.8. The van der Waals surface area contributed by atoms with Crippen molar-refractivity contribution < 1.29 is 14.9 Å². The van der Waals surface area contributed by atoms with E-state index in [0.29, 0.717) is 29.9 Å². The minimum absolute atomic E-state index is 0.0876. The second-order valence-electron chi connectivity index (χ2n) is 7.89. The van der Waals surface area contributed by atoms with Crippen LogP contribution in [0.1, 0.15) is 22.5 Å². The number of methoxy groups -OCH3 is 1. The van der Waals surface area contributed by atoms with Crippen LogP contribution in [0.15, 0.2) is 85.1 Å². The first-order chi connectivity index (χ1) is 16.1. The third kappa shape index (κ3) is 4.23. The monoisotopic (exact) mass is 437 g/mol. The number of ether oxygens (including phenoxy) is 1. The second-order valence-corrected chi connectivity index (χ2v) is 7.89. The van der Waals surface area contributed by atoms with Crippen LogP contribution in [0.4, 0.5) is 0 Å². The highest BCUT2D eigenvalue weighted by Crippen LogP contribution is 2.29. The number of rotatable bonds is 6. The predicted molar refractivity (Wildman–Crippen MR) is 127 cm³/mol. The molecule has 0 aliphatic carbocycles. The van der Waals surface area contributed by atoms with Gasteiger partial charge < -0.3 is 14.9 Å². The van der Waals surface area contributed by atoms with Gasteiger partial charge in [0.1, 0.15) is 17.2 Å². The van der Waals surface area contributed by atoms with Crippen LogP contribution in [-0.2, 0) is 12.8 Å². The smallest absolute Gasteiger partial charge is 0.219 e. The molecule has 0 unspecified atom stereocenters. The number of phenols is 1. The number of hydrogen-bond acceptors (Lipinski definition) is 5. The molecular weight excluding hydrogens is 414 g/mol. The molecule has 0 bridgehead atoms. The Bertz CT molecular complexity index is 1410. The third-order valence-corrected chi connectivity index (χ3v) is 5.60. The van der Waals surface area contributed by atoms with Crippen molar-refractivity contribution in [2.24, 2.45) is 0 Å². The van der Waals surface area contributed by atoms with Gasteiger partial charge in [-0.15, -0.1) is 0 Å². The summed E-state index contributed by atoms with van der Waals surface area (Å²) in [5.74, 6) is 1.04.